The lowest BCUT2D eigenvalue weighted by Crippen LogP contribution is -2.29. The molecule has 5 nitrogen and oxygen atoms in total. The molecule has 0 spiro atoms. The van der Waals surface area contributed by atoms with E-state index in [1.807, 2.05) is 25.4 Å². The normalized spacial score (nSPS) is 15.8. The molecule has 1 aliphatic rings. The molecule has 1 aromatic rings. The highest BCUT2D eigenvalue weighted by atomic mass is 32.2. The Hall–Kier alpha value is -1.38. The van der Waals surface area contributed by atoms with E-state index in [9.17, 15) is 9.18 Å². The molecule has 1 aliphatic heterocycles. The molecule has 0 aliphatic carbocycles. The van der Waals surface area contributed by atoms with E-state index in [-0.39, 0.29) is 0 Å². The molecule has 0 saturated carbocycles. The Morgan fingerprint density at radius 1 is 1.50 bits per heavy atom. The number of thioether (sulfide) groups is 1. The Labute approximate surface area is 150 Å². The molecule has 0 amide bonds. The molecule has 0 aromatic heterocycles. The summed E-state index contributed by atoms with van der Waals surface area (Å²) in [4.78, 5) is 14.8. The van der Waals surface area contributed by atoms with E-state index in [1.54, 1.807) is 11.9 Å². The third-order valence-electron chi connectivity index (χ3n) is 3.51. The van der Waals surface area contributed by atoms with Crippen molar-refractivity contribution in [2.45, 2.75) is 23.1 Å². The van der Waals surface area contributed by atoms with Gasteiger partial charge in [-0.3, -0.25) is 0 Å². The second-order valence-corrected chi connectivity index (χ2v) is 7.38. The first-order valence-corrected chi connectivity index (χ1v) is 9.57. The molecular formula is C16H21FN2O3S2. The number of hydrogen-bond donors (Lipinski definition) is 1. The highest BCUT2D eigenvalue weighted by Crippen LogP contribution is 2.42. The highest BCUT2D eigenvalue weighted by Gasteiger charge is 2.21. The van der Waals surface area contributed by atoms with Gasteiger partial charge in [0.25, 0.3) is 0 Å². The fraction of sp³-hybridized carbons (Fsp3) is 0.438. The molecule has 0 bridgehead atoms. The second-order valence-electron chi connectivity index (χ2n) is 5.29. The standard InChI is InChI=1S/C16H21FN2O3S2/c1-4-5-19-7-6-18(2)24-14-9-13(15(23-3)8-12(14)19)22-10-11(17)16(20)21/h8-10H,4-7H2,1-3H3,(H,20,21)/b11-10-. The number of carboxylic acid groups (broad SMARTS) is 1. The van der Waals surface area contributed by atoms with Gasteiger partial charge in [-0.25, -0.2) is 9.10 Å². The summed E-state index contributed by atoms with van der Waals surface area (Å²) in [6.45, 7) is 4.97. The van der Waals surface area contributed by atoms with Crippen LogP contribution in [0.15, 0.2) is 34.0 Å². The van der Waals surface area contributed by atoms with Crippen molar-refractivity contribution in [2.24, 2.45) is 0 Å². The van der Waals surface area contributed by atoms with Crippen molar-refractivity contribution in [3.63, 3.8) is 0 Å². The van der Waals surface area contributed by atoms with Gasteiger partial charge in [0.05, 0.1) is 15.5 Å². The molecule has 0 unspecified atom stereocenters. The molecule has 0 radical (unpaired) electrons. The van der Waals surface area contributed by atoms with Crippen LogP contribution in [0.2, 0.25) is 0 Å². The number of fused-ring (bicyclic) bond motifs is 1. The first-order valence-electron chi connectivity index (χ1n) is 7.58. The molecule has 24 heavy (non-hydrogen) atoms. The Morgan fingerprint density at radius 3 is 2.88 bits per heavy atom. The molecule has 8 heteroatoms. The fourth-order valence-electron chi connectivity index (χ4n) is 2.37. The van der Waals surface area contributed by atoms with Crippen LogP contribution in [0.5, 0.6) is 5.75 Å². The van der Waals surface area contributed by atoms with E-state index < -0.39 is 11.8 Å². The van der Waals surface area contributed by atoms with Crippen molar-refractivity contribution in [3.8, 4) is 5.75 Å². The average molecular weight is 372 g/mol. The van der Waals surface area contributed by atoms with Gasteiger partial charge >= 0.3 is 5.97 Å². The van der Waals surface area contributed by atoms with Gasteiger partial charge in [-0.1, -0.05) is 6.92 Å². The average Bonchev–Trinajstić information content (AvgIpc) is 2.70. The maximum absolute atomic E-state index is 13.2. The van der Waals surface area contributed by atoms with Gasteiger partial charge in [0.1, 0.15) is 12.0 Å². The monoisotopic (exact) mass is 372 g/mol. The molecule has 1 aromatic carbocycles. The number of benzene rings is 1. The number of hydrogen-bond acceptors (Lipinski definition) is 6. The molecule has 132 valence electrons. The topological polar surface area (TPSA) is 53.0 Å². The molecule has 0 fully saturated rings. The quantitative estimate of drug-likeness (QED) is 0.352. The summed E-state index contributed by atoms with van der Waals surface area (Å²) in [7, 11) is 2.02. The Morgan fingerprint density at radius 2 is 2.25 bits per heavy atom. The van der Waals surface area contributed by atoms with Crippen LogP contribution in [0.4, 0.5) is 10.1 Å². The number of halogens is 1. The minimum atomic E-state index is -1.64. The van der Waals surface area contributed by atoms with Crippen LogP contribution in [-0.4, -0.2) is 48.3 Å². The molecular weight excluding hydrogens is 351 g/mol. The van der Waals surface area contributed by atoms with Crippen molar-refractivity contribution in [3.05, 3.63) is 24.2 Å². The van der Waals surface area contributed by atoms with E-state index in [0.717, 1.165) is 41.5 Å². The molecule has 0 saturated heterocycles. The van der Waals surface area contributed by atoms with Gasteiger partial charge in [0.15, 0.2) is 0 Å². The van der Waals surface area contributed by atoms with Gasteiger partial charge in [-0.2, -0.15) is 4.39 Å². The van der Waals surface area contributed by atoms with Gasteiger partial charge < -0.3 is 14.7 Å². The number of rotatable bonds is 6. The summed E-state index contributed by atoms with van der Waals surface area (Å²) in [6.07, 6.45) is 3.60. The molecule has 0 atom stereocenters. The van der Waals surface area contributed by atoms with E-state index >= 15 is 0 Å². The minimum absolute atomic E-state index is 0.455. The van der Waals surface area contributed by atoms with Crippen LogP contribution < -0.4 is 9.64 Å². The van der Waals surface area contributed by atoms with Gasteiger partial charge in [-0.05, 0) is 43.8 Å². The van der Waals surface area contributed by atoms with Crippen molar-refractivity contribution >= 4 is 35.4 Å². The first kappa shape index (κ1) is 19.0. The Bertz CT molecular complexity index is 640. The summed E-state index contributed by atoms with van der Waals surface area (Å²) >= 11 is 3.09. The third kappa shape index (κ3) is 4.58. The largest absolute Gasteiger partial charge is 0.476 e. The zero-order chi connectivity index (χ0) is 17.7. The van der Waals surface area contributed by atoms with Crippen molar-refractivity contribution in [2.75, 3.05) is 37.8 Å². The van der Waals surface area contributed by atoms with Gasteiger partial charge in [0.2, 0.25) is 5.83 Å². The summed E-state index contributed by atoms with van der Waals surface area (Å²) in [6, 6.07) is 3.88. The zero-order valence-electron chi connectivity index (χ0n) is 13.9. The summed E-state index contributed by atoms with van der Waals surface area (Å²) in [5.41, 5.74) is 1.13. The van der Waals surface area contributed by atoms with Crippen LogP contribution in [0.3, 0.4) is 0 Å². The third-order valence-corrected chi connectivity index (χ3v) is 5.29. The Balaban J connectivity index is 2.40. The summed E-state index contributed by atoms with van der Waals surface area (Å²) < 4.78 is 20.6. The Kier molecular flexibility index (Phi) is 6.82. The van der Waals surface area contributed by atoms with Crippen LogP contribution in [0.1, 0.15) is 13.3 Å². The lowest BCUT2D eigenvalue weighted by molar-refractivity contribution is -0.134. The second kappa shape index (κ2) is 8.64. The van der Waals surface area contributed by atoms with Crippen molar-refractivity contribution < 1.29 is 19.0 Å². The zero-order valence-corrected chi connectivity index (χ0v) is 15.5. The number of carboxylic acids is 1. The fourth-order valence-corrected chi connectivity index (χ4v) is 3.85. The smallest absolute Gasteiger partial charge is 0.368 e. The SMILES string of the molecule is CCCN1CCN(C)Sc2cc(O/C=C(\F)C(=O)O)c(SC)cc21. The van der Waals surface area contributed by atoms with Crippen molar-refractivity contribution in [1.82, 2.24) is 4.31 Å². The lowest BCUT2D eigenvalue weighted by atomic mass is 10.2. The van der Waals surface area contributed by atoms with Crippen LogP contribution >= 0.6 is 23.7 Å². The molecule has 1 heterocycles. The number of ether oxygens (including phenoxy) is 1. The predicted octanol–water partition coefficient (Wildman–Crippen LogP) is 3.85. The van der Waals surface area contributed by atoms with Crippen LogP contribution in [0.25, 0.3) is 0 Å². The van der Waals surface area contributed by atoms with Crippen LogP contribution in [0, 0.1) is 0 Å². The minimum Gasteiger partial charge on any atom is -0.476 e. The van der Waals surface area contributed by atoms with Gasteiger partial charge in [0, 0.05) is 19.6 Å². The number of aliphatic carboxylic acids is 1. The summed E-state index contributed by atoms with van der Waals surface area (Å²) in [5, 5.41) is 8.60. The van der Waals surface area contributed by atoms with Gasteiger partial charge in [-0.15, -0.1) is 11.8 Å². The lowest BCUT2D eigenvalue weighted by Gasteiger charge is -2.24. The van der Waals surface area contributed by atoms with Crippen molar-refractivity contribution in [1.29, 1.82) is 0 Å². The maximum Gasteiger partial charge on any atom is 0.368 e. The molecule has 1 N–H and O–H groups in total. The molecule has 2 rings (SSSR count). The highest BCUT2D eigenvalue weighted by molar-refractivity contribution is 7.98. The number of anilines is 1. The van der Waals surface area contributed by atoms with E-state index in [1.165, 1.54) is 11.8 Å². The van der Waals surface area contributed by atoms with E-state index in [4.69, 9.17) is 9.84 Å². The predicted molar refractivity (Wildman–Crippen MR) is 96.7 cm³/mol. The van der Waals surface area contributed by atoms with E-state index in [0.29, 0.717) is 12.0 Å². The van der Waals surface area contributed by atoms with E-state index in [2.05, 4.69) is 16.1 Å². The van der Waals surface area contributed by atoms with Crippen LogP contribution in [-0.2, 0) is 4.79 Å². The number of likely N-dealkylation sites (N-methyl/N-ethyl adjacent to an activating group) is 1. The maximum atomic E-state index is 13.2. The first-order chi connectivity index (χ1) is 11.5. The number of carbonyl (C=O) groups is 1. The number of nitrogens with zero attached hydrogens (tertiary/aromatic N) is 2. The summed E-state index contributed by atoms with van der Waals surface area (Å²) in [5.74, 6) is -2.51.